The van der Waals surface area contributed by atoms with E-state index in [1.165, 1.54) is 6.42 Å². The molecule has 2 heterocycles. The van der Waals surface area contributed by atoms with Gasteiger partial charge in [-0.1, -0.05) is 6.92 Å². The van der Waals surface area contributed by atoms with E-state index in [1.54, 1.807) is 0 Å². The molecule has 0 aromatic rings. The minimum atomic E-state index is 0. The first-order valence-electron chi connectivity index (χ1n) is 5.27. The van der Waals surface area contributed by atoms with Crippen LogP contribution in [0.3, 0.4) is 0 Å². The zero-order valence-corrected chi connectivity index (χ0v) is 9.52. The fourth-order valence-electron chi connectivity index (χ4n) is 1.95. The zero-order valence-electron chi connectivity index (χ0n) is 8.70. The van der Waals surface area contributed by atoms with Crippen molar-refractivity contribution in [3.8, 4) is 0 Å². The van der Waals surface area contributed by atoms with Crippen molar-refractivity contribution in [2.24, 2.45) is 11.8 Å². The van der Waals surface area contributed by atoms with E-state index in [1.807, 2.05) is 0 Å². The second-order valence-corrected chi connectivity index (χ2v) is 4.30. The molecule has 0 saturated carbocycles. The third-order valence-electron chi connectivity index (χ3n) is 2.85. The number of hydrogen-bond acceptors (Lipinski definition) is 3. The maximum atomic E-state index is 5.69. The largest absolute Gasteiger partial charge is 0.381 e. The number of hydrogen-bond donors (Lipinski definition) is 1. The number of ether oxygens (including phenoxy) is 2. The quantitative estimate of drug-likeness (QED) is 0.765. The van der Waals surface area contributed by atoms with Gasteiger partial charge in [-0.15, -0.1) is 12.4 Å². The van der Waals surface area contributed by atoms with Crippen molar-refractivity contribution in [2.45, 2.75) is 26.0 Å². The van der Waals surface area contributed by atoms with Crippen LogP contribution in [0.1, 0.15) is 19.8 Å². The molecule has 3 unspecified atom stereocenters. The molecule has 1 N–H and O–H groups in total. The third-order valence-corrected chi connectivity index (χ3v) is 2.85. The van der Waals surface area contributed by atoms with Gasteiger partial charge in [0.05, 0.1) is 6.61 Å². The monoisotopic (exact) mass is 221 g/mol. The van der Waals surface area contributed by atoms with Crippen LogP contribution in [0.2, 0.25) is 0 Å². The molecule has 2 aliphatic rings. The lowest BCUT2D eigenvalue weighted by atomic mass is 10.0. The molecule has 3 nitrogen and oxygen atoms in total. The highest BCUT2D eigenvalue weighted by atomic mass is 35.5. The predicted octanol–water partition coefficient (Wildman–Crippen LogP) is 1.42. The van der Waals surface area contributed by atoms with Gasteiger partial charge in [0.25, 0.3) is 0 Å². The molecular formula is C10H20ClNO2. The summed E-state index contributed by atoms with van der Waals surface area (Å²) in [6.07, 6.45) is 2.60. The smallest absolute Gasteiger partial charge is 0.108 e. The average Bonchev–Trinajstić information content (AvgIpc) is 2.62. The van der Waals surface area contributed by atoms with Gasteiger partial charge < -0.3 is 9.47 Å². The van der Waals surface area contributed by atoms with E-state index >= 15 is 0 Å². The number of rotatable bonds is 2. The van der Waals surface area contributed by atoms with E-state index in [0.29, 0.717) is 11.8 Å². The molecule has 2 saturated heterocycles. The first-order valence-corrected chi connectivity index (χ1v) is 5.27. The van der Waals surface area contributed by atoms with Crippen LogP contribution in [0.5, 0.6) is 0 Å². The lowest BCUT2D eigenvalue weighted by Crippen LogP contribution is -2.43. The molecule has 0 amide bonds. The van der Waals surface area contributed by atoms with E-state index in [0.717, 1.165) is 32.8 Å². The predicted molar refractivity (Wildman–Crippen MR) is 57.7 cm³/mol. The van der Waals surface area contributed by atoms with E-state index < -0.39 is 0 Å². The van der Waals surface area contributed by atoms with E-state index in [-0.39, 0.29) is 18.6 Å². The maximum absolute atomic E-state index is 5.69. The molecule has 2 fully saturated rings. The van der Waals surface area contributed by atoms with Crippen molar-refractivity contribution >= 4 is 12.4 Å². The maximum Gasteiger partial charge on any atom is 0.108 e. The summed E-state index contributed by atoms with van der Waals surface area (Å²) >= 11 is 0. The van der Waals surface area contributed by atoms with Gasteiger partial charge in [-0.05, 0) is 24.7 Å². The van der Waals surface area contributed by atoms with Gasteiger partial charge in [0.2, 0.25) is 0 Å². The fourth-order valence-corrected chi connectivity index (χ4v) is 1.95. The Hall–Kier alpha value is 0.170. The summed E-state index contributed by atoms with van der Waals surface area (Å²) in [5, 5.41) is 3.42. The number of nitrogens with one attached hydrogen (secondary N) is 1. The Morgan fingerprint density at radius 1 is 1.36 bits per heavy atom. The SMILES string of the molecule is CC1CNC(CC2CCOC2)OC1.Cl. The van der Waals surface area contributed by atoms with Gasteiger partial charge in [0.1, 0.15) is 6.23 Å². The summed E-state index contributed by atoms with van der Waals surface area (Å²) in [4.78, 5) is 0. The van der Waals surface area contributed by atoms with E-state index in [9.17, 15) is 0 Å². The summed E-state index contributed by atoms with van der Waals surface area (Å²) in [6, 6.07) is 0. The van der Waals surface area contributed by atoms with Gasteiger partial charge in [0, 0.05) is 19.8 Å². The van der Waals surface area contributed by atoms with Crippen molar-refractivity contribution in [1.82, 2.24) is 5.32 Å². The van der Waals surface area contributed by atoms with Gasteiger partial charge >= 0.3 is 0 Å². The highest BCUT2D eigenvalue weighted by Gasteiger charge is 2.24. The second kappa shape index (κ2) is 5.91. The molecule has 2 rings (SSSR count). The molecule has 84 valence electrons. The van der Waals surface area contributed by atoms with Crippen LogP contribution in [-0.2, 0) is 9.47 Å². The first-order chi connectivity index (χ1) is 6.34. The van der Waals surface area contributed by atoms with Gasteiger partial charge in [-0.2, -0.15) is 0 Å². The summed E-state index contributed by atoms with van der Waals surface area (Å²) in [6.45, 7) is 6.08. The Bertz CT molecular complexity index is 154. The second-order valence-electron chi connectivity index (χ2n) is 4.30. The molecular weight excluding hydrogens is 202 g/mol. The molecule has 0 bridgehead atoms. The van der Waals surface area contributed by atoms with Crippen LogP contribution in [0, 0.1) is 11.8 Å². The van der Waals surface area contributed by atoms with Crippen molar-refractivity contribution in [3.63, 3.8) is 0 Å². The molecule has 3 atom stereocenters. The van der Waals surface area contributed by atoms with Crippen molar-refractivity contribution in [1.29, 1.82) is 0 Å². The third kappa shape index (κ3) is 3.39. The van der Waals surface area contributed by atoms with Crippen LogP contribution >= 0.6 is 12.4 Å². The molecule has 0 aliphatic carbocycles. The van der Waals surface area contributed by atoms with Crippen LogP contribution in [0.15, 0.2) is 0 Å². The standard InChI is InChI=1S/C10H19NO2.ClH/c1-8-5-11-10(13-6-8)4-9-2-3-12-7-9;/h8-11H,2-7H2,1H3;1H. The van der Waals surface area contributed by atoms with Gasteiger partial charge in [-0.25, -0.2) is 0 Å². The van der Waals surface area contributed by atoms with Crippen molar-refractivity contribution in [3.05, 3.63) is 0 Å². The van der Waals surface area contributed by atoms with Gasteiger partial charge in [0.15, 0.2) is 0 Å². The Kier molecular flexibility index (Phi) is 5.17. The Morgan fingerprint density at radius 3 is 2.79 bits per heavy atom. The molecule has 2 aliphatic heterocycles. The Balaban J connectivity index is 0.000000980. The molecule has 0 aromatic heterocycles. The topological polar surface area (TPSA) is 30.5 Å². The summed E-state index contributed by atoms with van der Waals surface area (Å²) in [5.41, 5.74) is 0. The summed E-state index contributed by atoms with van der Waals surface area (Å²) in [7, 11) is 0. The Labute approximate surface area is 91.9 Å². The van der Waals surface area contributed by atoms with Crippen molar-refractivity contribution in [2.75, 3.05) is 26.4 Å². The first kappa shape index (κ1) is 12.2. The minimum Gasteiger partial charge on any atom is -0.381 e. The van der Waals surface area contributed by atoms with Crippen LogP contribution in [0.4, 0.5) is 0 Å². The summed E-state index contributed by atoms with van der Waals surface area (Å²) in [5.74, 6) is 1.38. The van der Waals surface area contributed by atoms with Crippen LogP contribution in [-0.4, -0.2) is 32.6 Å². The molecule has 0 aromatic carbocycles. The lowest BCUT2D eigenvalue weighted by Gasteiger charge is -2.29. The minimum absolute atomic E-state index is 0. The van der Waals surface area contributed by atoms with E-state index in [2.05, 4.69) is 12.2 Å². The zero-order chi connectivity index (χ0) is 9.10. The fraction of sp³-hybridized carbons (Fsp3) is 1.00. The highest BCUT2D eigenvalue weighted by Crippen LogP contribution is 2.20. The molecule has 4 heteroatoms. The van der Waals surface area contributed by atoms with Gasteiger partial charge in [-0.3, -0.25) is 5.32 Å². The molecule has 0 spiro atoms. The normalized spacial score (nSPS) is 37.9. The number of halogens is 1. The van der Waals surface area contributed by atoms with Crippen molar-refractivity contribution < 1.29 is 9.47 Å². The highest BCUT2D eigenvalue weighted by molar-refractivity contribution is 5.85. The Morgan fingerprint density at radius 2 is 2.21 bits per heavy atom. The summed E-state index contributed by atoms with van der Waals surface area (Å²) < 4.78 is 11.0. The van der Waals surface area contributed by atoms with Crippen LogP contribution < -0.4 is 5.32 Å². The molecule has 14 heavy (non-hydrogen) atoms. The van der Waals surface area contributed by atoms with E-state index in [4.69, 9.17) is 9.47 Å². The lowest BCUT2D eigenvalue weighted by molar-refractivity contribution is -0.0363. The average molecular weight is 222 g/mol. The van der Waals surface area contributed by atoms with Crippen LogP contribution in [0.25, 0.3) is 0 Å². The molecule has 0 radical (unpaired) electrons.